The van der Waals surface area contributed by atoms with E-state index in [0.29, 0.717) is 6.42 Å². The van der Waals surface area contributed by atoms with Gasteiger partial charge in [0.05, 0.1) is 13.2 Å². The van der Waals surface area contributed by atoms with Gasteiger partial charge in [0.25, 0.3) is 0 Å². The molecule has 0 aromatic carbocycles. The Labute approximate surface area is 342 Å². The van der Waals surface area contributed by atoms with Crippen molar-refractivity contribution in [3.8, 4) is 0 Å². The van der Waals surface area contributed by atoms with Crippen molar-refractivity contribution in [1.29, 1.82) is 0 Å². The van der Waals surface area contributed by atoms with Crippen LogP contribution < -0.4 is 0 Å². The molecular weight excluding hydrogens is 712 g/mol. The first-order chi connectivity index (χ1) is 27.3. The van der Waals surface area contributed by atoms with Gasteiger partial charge in [-0.15, -0.1) is 0 Å². The van der Waals surface area contributed by atoms with Crippen molar-refractivity contribution in [1.82, 2.24) is 0 Å². The number of hydrogen-bond acceptors (Lipinski definition) is 10. The highest BCUT2D eigenvalue weighted by Gasteiger charge is 2.44. The molecule has 1 saturated heterocycles. The molecule has 0 aliphatic carbocycles. The van der Waals surface area contributed by atoms with Crippen LogP contribution in [0.2, 0.25) is 0 Å². The van der Waals surface area contributed by atoms with Crippen LogP contribution >= 0.6 is 0 Å². The lowest BCUT2D eigenvalue weighted by Gasteiger charge is -2.39. The second-order valence-electron chi connectivity index (χ2n) is 16.6. The van der Waals surface area contributed by atoms with Crippen LogP contribution in [0, 0.1) is 0 Å². The largest absolute Gasteiger partial charge is 0.462 e. The molecule has 10 heteroatoms. The van der Waals surface area contributed by atoms with Gasteiger partial charge in [-0.25, -0.2) is 0 Å². The summed E-state index contributed by atoms with van der Waals surface area (Å²) in [4.78, 5) is 25.3. The molecule has 4 N–H and O–H groups in total. The van der Waals surface area contributed by atoms with Crippen molar-refractivity contribution < 1.29 is 49.0 Å². The molecule has 0 aromatic rings. The number of rotatable bonds is 40. The molecular formula is C46H88O10. The van der Waals surface area contributed by atoms with E-state index in [2.05, 4.69) is 13.8 Å². The van der Waals surface area contributed by atoms with Crippen LogP contribution in [0.1, 0.15) is 226 Å². The number of aliphatic hydroxyl groups excluding tert-OH is 4. The third-order valence-electron chi connectivity index (χ3n) is 11.2. The Balaban J connectivity index is 2.24. The van der Waals surface area contributed by atoms with E-state index in [1.807, 2.05) is 0 Å². The quantitative estimate of drug-likeness (QED) is 0.0348. The maximum absolute atomic E-state index is 12.7. The van der Waals surface area contributed by atoms with Crippen molar-refractivity contribution >= 4 is 11.9 Å². The fourth-order valence-corrected chi connectivity index (χ4v) is 7.48. The average Bonchev–Trinajstić information content (AvgIpc) is 3.19. The van der Waals surface area contributed by atoms with E-state index in [1.165, 1.54) is 154 Å². The topological polar surface area (TPSA) is 152 Å². The van der Waals surface area contributed by atoms with Gasteiger partial charge in [0, 0.05) is 12.8 Å². The van der Waals surface area contributed by atoms with Gasteiger partial charge in [0.15, 0.2) is 12.4 Å². The molecule has 1 heterocycles. The van der Waals surface area contributed by atoms with E-state index in [1.54, 1.807) is 0 Å². The van der Waals surface area contributed by atoms with E-state index in [0.717, 1.165) is 38.5 Å². The van der Waals surface area contributed by atoms with E-state index in [-0.39, 0.29) is 32.0 Å². The molecule has 0 saturated carbocycles. The van der Waals surface area contributed by atoms with E-state index >= 15 is 0 Å². The molecule has 10 nitrogen and oxygen atoms in total. The lowest BCUT2D eigenvalue weighted by atomic mass is 9.99. The smallest absolute Gasteiger partial charge is 0.306 e. The zero-order valence-corrected chi connectivity index (χ0v) is 36.2. The minimum Gasteiger partial charge on any atom is -0.462 e. The summed E-state index contributed by atoms with van der Waals surface area (Å²) in [6.07, 6.45) is 31.2. The first kappa shape index (κ1) is 52.7. The van der Waals surface area contributed by atoms with Crippen LogP contribution in [0.15, 0.2) is 0 Å². The first-order valence-electron chi connectivity index (χ1n) is 23.6. The number of hydrogen-bond donors (Lipinski definition) is 4. The van der Waals surface area contributed by atoms with Crippen molar-refractivity contribution in [3.05, 3.63) is 0 Å². The highest BCUT2D eigenvalue weighted by atomic mass is 16.7. The Morgan fingerprint density at radius 1 is 0.482 bits per heavy atom. The molecule has 1 aliphatic heterocycles. The maximum atomic E-state index is 12.7. The van der Waals surface area contributed by atoms with Gasteiger partial charge in [0.2, 0.25) is 0 Å². The second-order valence-corrected chi connectivity index (χ2v) is 16.6. The highest BCUT2D eigenvalue weighted by molar-refractivity contribution is 5.70. The van der Waals surface area contributed by atoms with Crippen LogP contribution in [0.4, 0.5) is 0 Å². The lowest BCUT2D eigenvalue weighted by molar-refractivity contribution is -0.305. The Morgan fingerprint density at radius 3 is 1.21 bits per heavy atom. The van der Waals surface area contributed by atoms with Gasteiger partial charge >= 0.3 is 11.9 Å². The zero-order valence-electron chi connectivity index (χ0n) is 36.2. The maximum Gasteiger partial charge on any atom is 0.306 e. The van der Waals surface area contributed by atoms with Crippen LogP contribution in [0.25, 0.3) is 0 Å². The number of unbranched alkanes of at least 4 members (excludes halogenated alkanes) is 29. The summed E-state index contributed by atoms with van der Waals surface area (Å²) in [5.74, 6) is -0.792. The number of ether oxygens (including phenoxy) is 4. The second kappa shape index (κ2) is 37.9. The summed E-state index contributed by atoms with van der Waals surface area (Å²) in [5, 5.41) is 40.0. The molecule has 332 valence electrons. The summed E-state index contributed by atoms with van der Waals surface area (Å²) < 4.78 is 22.2. The molecule has 2 unspecified atom stereocenters. The van der Waals surface area contributed by atoms with E-state index < -0.39 is 49.4 Å². The number of aliphatic hydroxyl groups is 4. The fourth-order valence-electron chi connectivity index (χ4n) is 7.48. The molecule has 0 aromatic heterocycles. The van der Waals surface area contributed by atoms with Crippen LogP contribution in [0.5, 0.6) is 0 Å². The molecule has 6 atom stereocenters. The standard InChI is InChI=1S/C46H88O10/c1-3-5-7-9-11-13-15-16-17-18-19-20-21-22-23-25-26-28-30-32-34-41(48)53-37-39(38-54-46-45(52)44(51)43(50)40(36-47)56-46)55-42(49)35-33-31-29-27-24-14-12-10-8-6-4-2/h39-40,43-47,50-52H,3-38H2,1-2H3/t39-,40-,43+,44?,45?,46-/m0/s1. The summed E-state index contributed by atoms with van der Waals surface area (Å²) in [7, 11) is 0. The Morgan fingerprint density at radius 2 is 0.839 bits per heavy atom. The van der Waals surface area contributed by atoms with Crippen molar-refractivity contribution in [2.75, 3.05) is 19.8 Å². The molecule has 0 radical (unpaired) electrons. The van der Waals surface area contributed by atoms with Crippen LogP contribution in [-0.4, -0.2) is 89.0 Å². The third-order valence-corrected chi connectivity index (χ3v) is 11.2. The molecule has 0 bridgehead atoms. The fraction of sp³-hybridized carbons (Fsp3) is 0.957. The van der Waals surface area contributed by atoms with Gasteiger partial charge in [-0.1, -0.05) is 200 Å². The molecule has 1 aliphatic rings. The monoisotopic (exact) mass is 801 g/mol. The van der Waals surface area contributed by atoms with Gasteiger partial charge in [0.1, 0.15) is 31.0 Å². The summed E-state index contributed by atoms with van der Waals surface area (Å²) in [5.41, 5.74) is 0. The van der Waals surface area contributed by atoms with Gasteiger partial charge in [-0.3, -0.25) is 9.59 Å². The summed E-state index contributed by atoms with van der Waals surface area (Å²) >= 11 is 0. The van der Waals surface area contributed by atoms with Gasteiger partial charge in [-0.05, 0) is 12.8 Å². The Bertz CT molecular complexity index is 886. The van der Waals surface area contributed by atoms with Gasteiger partial charge < -0.3 is 39.4 Å². The molecule has 1 rings (SSSR count). The molecule has 0 amide bonds. The summed E-state index contributed by atoms with van der Waals surface area (Å²) in [6, 6.07) is 0. The van der Waals surface area contributed by atoms with E-state index in [9.17, 15) is 30.0 Å². The number of esters is 2. The zero-order chi connectivity index (χ0) is 40.9. The van der Waals surface area contributed by atoms with Crippen LogP contribution in [-0.2, 0) is 28.5 Å². The van der Waals surface area contributed by atoms with E-state index in [4.69, 9.17) is 18.9 Å². The predicted molar refractivity (Wildman–Crippen MR) is 224 cm³/mol. The van der Waals surface area contributed by atoms with Crippen LogP contribution in [0.3, 0.4) is 0 Å². The highest BCUT2D eigenvalue weighted by Crippen LogP contribution is 2.23. The minimum atomic E-state index is -1.59. The van der Waals surface area contributed by atoms with Crippen molar-refractivity contribution in [2.24, 2.45) is 0 Å². The normalized spacial score (nSPS) is 20.3. The first-order valence-corrected chi connectivity index (χ1v) is 23.6. The van der Waals surface area contributed by atoms with Gasteiger partial charge in [-0.2, -0.15) is 0 Å². The lowest BCUT2D eigenvalue weighted by Crippen LogP contribution is -2.59. The Kier molecular flexibility index (Phi) is 35.7. The van der Waals surface area contributed by atoms with Crippen molar-refractivity contribution in [3.63, 3.8) is 0 Å². The minimum absolute atomic E-state index is 0.209. The molecule has 0 spiro atoms. The SMILES string of the molecule is CCCCCCCCCCCCCCCCCCCCCCC(=O)OC[C@@H](CO[C@H]1O[C@@H](CO)[C@@H](O)C(O)C1O)OC(=O)CCCCCCCCCCCCC. The Hall–Kier alpha value is -1.30. The third kappa shape index (κ3) is 29.0. The molecule has 56 heavy (non-hydrogen) atoms. The average molecular weight is 801 g/mol. The van der Waals surface area contributed by atoms with Crippen molar-refractivity contribution in [2.45, 2.75) is 263 Å². The number of carbonyl (C=O) groups excluding carboxylic acids is 2. The summed E-state index contributed by atoms with van der Waals surface area (Å²) in [6.45, 7) is 3.45. The number of carbonyl (C=O) groups is 2. The predicted octanol–water partition coefficient (Wildman–Crippen LogP) is 10.2. The molecule has 1 fully saturated rings.